The highest BCUT2D eigenvalue weighted by molar-refractivity contribution is 5.89. The SMILES string of the molecule is COC(=O)c1ccc(Nc2cc(Nc3cc(OC)ccc3OC)nc(C)n2)cc1. The molecule has 8 nitrogen and oxygen atoms in total. The average molecular weight is 394 g/mol. The highest BCUT2D eigenvalue weighted by Crippen LogP contribution is 2.31. The minimum atomic E-state index is -0.381. The molecule has 0 bridgehead atoms. The van der Waals surface area contributed by atoms with Gasteiger partial charge < -0.3 is 24.8 Å². The van der Waals surface area contributed by atoms with Crippen molar-refractivity contribution >= 4 is 29.0 Å². The van der Waals surface area contributed by atoms with Crippen molar-refractivity contribution in [2.75, 3.05) is 32.0 Å². The molecule has 0 saturated heterocycles. The molecular formula is C21H22N4O4. The van der Waals surface area contributed by atoms with E-state index in [1.165, 1.54) is 7.11 Å². The van der Waals surface area contributed by atoms with Crippen LogP contribution >= 0.6 is 0 Å². The molecule has 0 saturated carbocycles. The van der Waals surface area contributed by atoms with Crippen molar-refractivity contribution in [1.82, 2.24) is 9.97 Å². The average Bonchev–Trinajstić information content (AvgIpc) is 2.73. The number of ether oxygens (including phenoxy) is 3. The summed E-state index contributed by atoms with van der Waals surface area (Å²) in [5.74, 6) is 2.77. The zero-order valence-corrected chi connectivity index (χ0v) is 16.6. The summed E-state index contributed by atoms with van der Waals surface area (Å²) in [6.07, 6.45) is 0. The van der Waals surface area contributed by atoms with Gasteiger partial charge in [-0.15, -0.1) is 0 Å². The molecule has 0 aliphatic carbocycles. The topological polar surface area (TPSA) is 94.6 Å². The standard InChI is InChI=1S/C21H22N4O4/c1-13-22-19(24-15-7-5-14(6-8-15)21(26)29-4)12-20(23-13)25-17-11-16(27-2)9-10-18(17)28-3/h5-12H,1-4H3,(H2,22,23,24,25). The van der Waals surface area contributed by atoms with E-state index in [0.717, 1.165) is 11.4 Å². The predicted molar refractivity (Wildman–Crippen MR) is 111 cm³/mol. The first-order chi connectivity index (χ1) is 14.0. The molecule has 0 amide bonds. The molecule has 8 heteroatoms. The monoisotopic (exact) mass is 394 g/mol. The number of hydrogen-bond donors (Lipinski definition) is 2. The minimum absolute atomic E-state index is 0.381. The molecule has 29 heavy (non-hydrogen) atoms. The van der Waals surface area contributed by atoms with Crippen LogP contribution in [0, 0.1) is 6.92 Å². The number of anilines is 4. The maximum atomic E-state index is 11.6. The Morgan fingerprint density at radius 1 is 0.862 bits per heavy atom. The first-order valence-electron chi connectivity index (χ1n) is 8.82. The second-order valence-electron chi connectivity index (χ2n) is 6.07. The van der Waals surface area contributed by atoms with Gasteiger partial charge in [0.15, 0.2) is 0 Å². The van der Waals surface area contributed by atoms with Crippen LogP contribution in [0.2, 0.25) is 0 Å². The smallest absolute Gasteiger partial charge is 0.337 e. The lowest BCUT2D eigenvalue weighted by atomic mass is 10.2. The van der Waals surface area contributed by atoms with E-state index >= 15 is 0 Å². The third kappa shape index (κ3) is 4.92. The molecule has 0 radical (unpaired) electrons. The Morgan fingerprint density at radius 2 is 1.55 bits per heavy atom. The van der Waals surface area contributed by atoms with Gasteiger partial charge >= 0.3 is 5.97 Å². The molecule has 2 aromatic carbocycles. The Bertz CT molecular complexity index is 1010. The lowest BCUT2D eigenvalue weighted by Crippen LogP contribution is -2.03. The Morgan fingerprint density at radius 3 is 2.17 bits per heavy atom. The van der Waals surface area contributed by atoms with Gasteiger partial charge in [0.25, 0.3) is 0 Å². The van der Waals surface area contributed by atoms with Gasteiger partial charge in [-0.1, -0.05) is 0 Å². The third-order valence-corrected chi connectivity index (χ3v) is 4.09. The van der Waals surface area contributed by atoms with Gasteiger partial charge in [-0.2, -0.15) is 0 Å². The van der Waals surface area contributed by atoms with Gasteiger partial charge in [0.2, 0.25) is 0 Å². The van der Waals surface area contributed by atoms with Crippen molar-refractivity contribution in [2.24, 2.45) is 0 Å². The Labute approximate surface area is 168 Å². The van der Waals surface area contributed by atoms with Gasteiger partial charge in [-0.05, 0) is 43.3 Å². The van der Waals surface area contributed by atoms with Crippen molar-refractivity contribution in [1.29, 1.82) is 0 Å². The quantitative estimate of drug-likeness (QED) is 0.579. The molecule has 150 valence electrons. The summed E-state index contributed by atoms with van der Waals surface area (Å²) in [4.78, 5) is 20.4. The van der Waals surface area contributed by atoms with Crippen LogP contribution in [-0.2, 0) is 4.74 Å². The summed E-state index contributed by atoms with van der Waals surface area (Å²) < 4.78 is 15.4. The molecular weight excluding hydrogens is 372 g/mol. The van der Waals surface area contributed by atoms with E-state index < -0.39 is 0 Å². The minimum Gasteiger partial charge on any atom is -0.497 e. The molecule has 0 atom stereocenters. The number of carbonyl (C=O) groups is 1. The summed E-state index contributed by atoms with van der Waals surface area (Å²) in [6.45, 7) is 1.81. The van der Waals surface area contributed by atoms with Crippen LogP contribution in [0.5, 0.6) is 11.5 Å². The van der Waals surface area contributed by atoms with Crippen molar-refractivity contribution in [3.05, 3.63) is 59.9 Å². The molecule has 0 spiro atoms. The van der Waals surface area contributed by atoms with Crippen molar-refractivity contribution in [2.45, 2.75) is 6.92 Å². The zero-order chi connectivity index (χ0) is 20.8. The maximum Gasteiger partial charge on any atom is 0.337 e. The van der Waals surface area contributed by atoms with Gasteiger partial charge in [-0.3, -0.25) is 0 Å². The fourth-order valence-corrected chi connectivity index (χ4v) is 2.70. The van der Waals surface area contributed by atoms with Crippen LogP contribution < -0.4 is 20.1 Å². The highest BCUT2D eigenvalue weighted by Gasteiger charge is 2.09. The number of aryl methyl sites for hydroxylation is 1. The van der Waals surface area contributed by atoms with Crippen molar-refractivity contribution < 1.29 is 19.0 Å². The largest absolute Gasteiger partial charge is 0.497 e. The summed E-state index contributed by atoms with van der Waals surface area (Å²) in [5.41, 5.74) is 1.98. The Kier molecular flexibility index (Phi) is 6.13. The zero-order valence-electron chi connectivity index (χ0n) is 16.6. The predicted octanol–water partition coefficient (Wildman–Crippen LogP) is 4.08. The number of esters is 1. The van der Waals surface area contributed by atoms with Gasteiger partial charge in [0.05, 0.1) is 32.6 Å². The Balaban J connectivity index is 1.82. The molecule has 2 N–H and O–H groups in total. The first-order valence-corrected chi connectivity index (χ1v) is 8.82. The number of benzene rings is 2. The van der Waals surface area contributed by atoms with E-state index in [2.05, 4.69) is 20.6 Å². The number of nitrogens with zero attached hydrogens (tertiary/aromatic N) is 2. The van der Waals surface area contributed by atoms with Crippen LogP contribution in [0.3, 0.4) is 0 Å². The molecule has 0 fully saturated rings. The number of aromatic nitrogens is 2. The van der Waals surface area contributed by atoms with Crippen molar-refractivity contribution in [3.8, 4) is 11.5 Å². The number of carbonyl (C=O) groups excluding carboxylic acids is 1. The van der Waals surface area contributed by atoms with Gasteiger partial charge in [0.1, 0.15) is 29.0 Å². The lowest BCUT2D eigenvalue weighted by molar-refractivity contribution is 0.0601. The molecule has 0 unspecified atom stereocenters. The van der Waals surface area contributed by atoms with E-state index in [1.54, 1.807) is 51.5 Å². The highest BCUT2D eigenvalue weighted by atomic mass is 16.5. The summed E-state index contributed by atoms with van der Waals surface area (Å²) in [7, 11) is 4.56. The molecule has 0 aliphatic rings. The number of rotatable bonds is 7. The van der Waals surface area contributed by atoms with Gasteiger partial charge in [-0.25, -0.2) is 14.8 Å². The van der Waals surface area contributed by atoms with E-state index in [-0.39, 0.29) is 5.97 Å². The summed E-state index contributed by atoms with van der Waals surface area (Å²) in [6, 6.07) is 14.2. The van der Waals surface area contributed by atoms with Crippen LogP contribution in [-0.4, -0.2) is 37.3 Å². The molecule has 0 aliphatic heterocycles. The molecule has 1 heterocycles. The van der Waals surface area contributed by atoms with Gasteiger partial charge in [0, 0.05) is 17.8 Å². The van der Waals surface area contributed by atoms with Crippen LogP contribution in [0.4, 0.5) is 23.0 Å². The van der Waals surface area contributed by atoms with Crippen LogP contribution in [0.15, 0.2) is 48.5 Å². The van der Waals surface area contributed by atoms with E-state index in [9.17, 15) is 4.79 Å². The maximum absolute atomic E-state index is 11.6. The molecule has 3 aromatic rings. The van der Waals surface area contributed by atoms with E-state index in [1.807, 2.05) is 18.2 Å². The second-order valence-corrected chi connectivity index (χ2v) is 6.07. The fraction of sp³-hybridized carbons (Fsp3) is 0.190. The normalized spacial score (nSPS) is 10.2. The first kappa shape index (κ1) is 19.9. The Hall–Kier alpha value is -3.81. The second kappa shape index (κ2) is 8.92. The van der Waals surface area contributed by atoms with E-state index in [4.69, 9.17) is 14.2 Å². The molecule has 3 rings (SSSR count). The lowest BCUT2D eigenvalue weighted by Gasteiger charge is -2.14. The van der Waals surface area contributed by atoms with Crippen LogP contribution in [0.1, 0.15) is 16.2 Å². The summed E-state index contributed by atoms with van der Waals surface area (Å²) >= 11 is 0. The number of methoxy groups -OCH3 is 3. The van der Waals surface area contributed by atoms with Crippen LogP contribution in [0.25, 0.3) is 0 Å². The molecule has 1 aromatic heterocycles. The fourth-order valence-electron chi connectivity index (χ4n) is 2.70. The number of hydrogen-bond acceptors (Lipinski definition) is 8. The van der Waals surface area contributed by atoms with Crippen molar-refractivity contribution in [3.63, 3.8) is 0 Å². The number of nitrogens with one attached hydrogen (secondary N) is 2. The van der Waals surface area contributed by atoms with E-state index in [0.29, 0.717) is 34.5 Å². The third-order valence-electron chi connectivity index (χ3n) is 4.09. The summed E-state index contributed by atoms with van der Waals surface area (Å²) in [5, 5.41) is 6.45.